The van der Waals surface area contributed by atoms with Crippen molar-refractivity contribution in [3.63, 3.8) is 0 Å². The Morgan fingerprint density at radius 1 is 1.80 bits per heavy atom. The molecule has 1 aliphatic rings. The SMILES string of the molecule is COC1=CC(CO)CCC1. The molecule has 0 aromatic carbocycles. The summed E-state index contributed by atoms with van der Waals surface area (Å²) in [6.45, 7) is 0.257. The minimum atomic E-state index is 0.257. The number of methoxy groups -OCH3 is 1. The van der Waals surface area contributed by atoms with Gasteiger partial charge in [-0.2, -0.15) is 0 Å². The molecule has 1 N–H and O–H groups in total. The first kappa shape index (κ1) is 7.61. The van der Waals surface area contributed by atoms with E-state index in [-0.39, 0.29) is 6.61 Å². The van der Waals surface area contributed by atoms with Crippen LogP contribution in [0.4, 0.5) is 0 Å². The highest BCUT2D eigenvalue weighted by Crippen LogP contribution is 2.22. The molecule has 0 radical (unpaired) electrons. The van der Waals surface area contributed by atoms with E-state index in [0.717, 1.165) is 25.0 Å². The van der Waals surface area contributed by atoms with Gasteiger partial charge in [-0.25, -0.2) is 0 Å². The van der Waals surface area contributed by atoms with Crippen molar-refractivity contribution in [2.45, 2.75) is 19.3 Å². The lowest BCUT2D eigenvalue weighted by atomic mass is 9.95. The number of ether oxygens (including phenoxy) is 1. The Morgan fingerprint density at radius 3 is 3.20 bits per heavy atom. The van der Waals surface area contributed by atoms with Crippen molar-refractivity contribution in [2.75, 3.05) is 13.7 Å². The van der Waals surface area contributed by atoms with Crippen LogP contribution in [-0.4, -0.2) is 18.8 Å². The minimum absolute atomic E-state index is 0.257. The fourth-order valence-electron chi connectivity index (χ4n) is 1.28. The Hall–Kier alpha value is -0.500. The molecule has 0 spiro atoms. The third-order valence-corrected chi connectivity index (χ3v) is 1.92. The third-order valence-electron chi connectivity index (χ3n) is 1.92. The van der Waals surface area contributed by atoms with Crippen LogP contribution in [0.3, 0.4) is 0 Å². The standard InChI is InChI=1S/C8H14O2/c1-10-8-4-2-3-7(5-8)6-9/h5,7,9H,2-4,6H2,1H3. The topological polar surface area (TPSA) is 29.5 Å². The summed E-state index contributed by atoms with van der Waals surface area (Å²) in [5.74, 6) is 1.37. The number of rotatable bonds is 2. The first-order valence-electron chi connectivity index (χ1n) is 3.72. The van der Waals surface area contributed by atoms with Crippen molar-refractivity contribution >= 4 is 0 Å². The van der Waals surface area contributed by atoms with Crippen molar-refractivity contribution in [3.05, 3.63) is 11.8 Å². The van der Waals surface area contributed by atoms with Gasteiger partial charge in [0.1, 0.15) is 0 Å². The Kier molecular flexibility index (Phi) is 2.75. The molecule has 0 aliphatic heterocycles. The third kappa shape index (κ3) is 1.74. The van der Waals surface area contributed by atoms with Gasteiger partial charge in [-0.15, -0.1) is 0 Å². The molecule has 0 fully saturated rings. The van der Waals surface area contributed by atoms with Crippen LogP contribution in [0, 0.1) is 5.92 Å². The molecule has 1 atom stereocenters. The molecule has 10 heavy (non-hydrogen) atoms. The van der Waals surface area contributed by atoms with E-state index in [1.54, 1.807) is 7.11 Å². The molecule has 0 aromatic heterocycles. The average Bonchev–Trinajstić information content (AvgIpc) is 2.05. The van der Waals surface area contributed by atoms with Crippen LogP contribution in [0.25, 0.3) is 0 Å². The predicted octanol–water partition coefficient (Wildman–Crippen LogP) is 1.31. The van der Waals surface area contributed by atoms with E-state index in [1.165, 1.54) is 0 Å². The van der Waals surface area contributed by atoms with E-state index in [0.29, 0.717) is 5.92 Å². The smallest absolute Gasteiger partial charge is 0.0919 e. The molecule has 0 saturated carbocycles. The number of hydrogen-bond acceptors (Lipinski definition) is 2. The second kappa shape index (κ2) is 3.62. The van der Waals surface area contributed by atoms with E-state index in [9.17, 15) is 0 Å². The molecule has 0 saturated heterocycles. The van der Waals surface area contributed by atoms with Crippen LogP contribution < -0.4 is 0 Å². The molecule has 1 unspecified atom stereocenters. The number of aliphatic hydroxyl groups is 1. The van der Waals surface area contributed by atoms with Gasteiger partial charge in [0.2, 0.25) is 0 Å². The summed E-state index contributed by atoms with van der Waals surface area (Å²) >= 11 is 0. The highest BCUT2D eigenvalue weighted by Gasteiger charge is 2.12. The quantitative estimate of drug-likeness (QED) is 0.630. The first-order valence-corrected chi connectivity index (χ1v) is 3.72. The van der Waals surface area contributed by atoms with Crippen LogP contribution in [0.15, 0.2) is 11.8 Å². The second-order valence-corrected chi connectivity index (χ2v) is 2.67. The maximum Gasteiger partial charge on any atom is 0.0919 e. The van der Waals surface area contributed by atoms with Crippen molar-refractivity contribution in [3.8, 4) is 0 Å². The maximum atomic E-state index is 8.80. The zero-order valence-corrected chi connectivity index (χ0v) is 6.34. The largest absolute Gasteiger partial charge is 0.501 e. The van der Waals surface area contributed by atoms with E-state index in [2.05, 4.69) is 0 Å². The molecule has 1 rings (SSSR count). The van der Waals surface area contributed by atoms with E-state index in [1.807, 2.05) is 6.08 Å². The summed E-state index contributed by atoms with van der Waals surface area (Å²) in [6, 6.07) is 0. The van der Waals surface area contributed by atoms with Crippen molar-refractivity contribution in [1.82, 2.24) is 0 Å². The molecule has 0 bridgehead atoms. The van der Waals surface area contributed by atoms with E-state index >= 15 is 0 Å². The van der Waals surface area contributed by atoms with Crippen molar-refractivity contribution in [2.24, 2.45) is 5.92 Å². The number of allylic oxidation sites excluding steroid dienone is 1. The van der Waals surface area contributed by atoms with Gasteiger partial charge in [-0.1, -0.05) is 0 Å². The molecule has 0 heterocycles. The van der Waals surface area contributed by atoms with Crippen LogP contribution >= 0.6 is 0 Å². The Morgan fingerprint density at radius 2 is 2.60 bits per heavy atom. The Bertz CT molecular complexity index is 129. The molecule has 58 valence electrons. The maximum absolute atomic E-state index is 8.80. The van der Waals surface area contributed by atoms with E-state index < -0.39 is 0 Å². The number of hydrogen-bond donors (Lipinski definition) is 1. The Balaban J connectivity index is 2.48. The molecular weight excluding hydrogens is 128 g/mol. The highest BCUT2D eigenvalue weighted by atomic mass is 16.5. The molecule has 2 heteroatoms. The lowest BCUT2D eigenvalue weighted by Crippen LogP contribution is -2.09. The lowest BCUT2D eigenvalue weighted by molar-refractivity contribution is 0.212. The zero-order chi connectivity index (χ0) is 7.40. The van der Waals surface area contributed by atoms with E-state index in [4.69, 9.17) is 9.84 Å². The van der Waals surface area contributed by atoms with Gasteiger partial charge in [0.25, 0.3) is 0 Å². The van der Waals surface area contributed by atoms with Crippen LogP contribution in [0.1, 0.15) is 19.3 Å². The lowest BCUT2D eigenvalue weighted by Gasteiger charge is -2.17. The van der Waals surface area contributed by atoms with Gasteiger partial charge in [0.15, 0.2) is 0 Å². The van der Waals surface area contributed by atoms with Gasteiger partial charge < -0.3 is 9.84 Å². The molecule has 1 aliphatic carbocycles. The normalized spacial score (nSPS) is 25.8. The summed E-state index contributed by atoms with van der Waals surface area (Å²) in [7, 11) is 1.69. The predicted molar refractivity (Wildman–Crippen MR) is 39.5 cm³/mol. The van der Waals surface area contributed by atoms with Gasteiger partial charge >= 0.3 is 0 Å². The molecule has 2 nitrogen and oxygen atoms in total. The highest BCUT2D eigenvalue weighted by molar-refractivity contribution is 5.00. The fourth-order valence-corrected chi connectivity index (χ4v) is 1.28. The summed E-state index contributed by atoms with van der Waals surface area (Å²) in [5.41, 5.74) is 0. The number of aliphatic hydroxyl groups excluding tert-OH is 1. The zero-order valence-electron chi connectivity index (χ0n) is 6.34. The summed E-state index contributed by atoms with van der Waals surface area (Å²) in [6.07, 6.45) is 5.31. The van der Waals surface area contributed by atoms with Crippen LogP contribution in [0.2, 0.25) is 0 Å². The van der Waals surface area contributed by atoms with Gasteiger partial charge in [0, 0.05) is 18.9 Å². The fraction of sp³-hybridized carbons (Fsp3) is 0.750. The van der Waals surface area contributed by atoms with Crippen LogP contribution in [-0.2, 0) is 4.74 Å². The van der Waals surface area contributed by atoms with Crippen molar-refractivity contribution in [1.29, 1.82) is 0 Å². The molecule has 0 amide bonds. The van der Waals surface area contributed by atoms with Gasteiger partial charge in [-0.3, -0.25) is 0 Å². The monoisotopic (exact) mass is 142 g/mol. The summed E-state index contributed by atoms with van der Waals surface area (Å²) in [4.78, 5) is 0. The van der Waals surface area contributed by atoms with Crippen LogP contribution in [0.5, 0.6) is 0 Å². The Labute approximate surface area is 61.5 Å². The first-order chi connectivity index (χ1) is 4.86. The van der Waals surface area contributed by atoms with Gasteiger partial charge in [0.05, 0.1) is 12.9 Å². The molecular formula is C8H14O2. The summed E-state index contributed by atoms with van der Waals surface area (Å²) in [5, 5.41) is 8.80. The second-order valence-electron chi connectivity index (χ2n) is 2.67. The average molecular weight is 142 g/mol. The minimum Gasteiger partial charge on any atom is -0.501 e. The summed E-state index contributed by atoms with van der Waals surface area (Å²) < 4.78 is 5.07. The van der Waals surface area contributed by atoms with Gasteiger partial charge in [-0.05, 0) is 18.9 Å². The van der Waals surface area contributed by atoms with Crippen molar-refractivity contribution < 1.29 is 9.84 Å². The molecule has 0 aromatic rings.